The van der Waals surface area contributed by atoms with Crippen LogP contribution in [0.25, 0.3) is 0 Å². The number of nitrogens with one attached hydrogen (secondary N) is 3. The Kier molecular flexibility index (Phi) is 6.83. The van der Waals surface area contributed by atoms with E-state index in [1.54, 1.807) is 7.11 Å². The van der Waals surface area contributed by atoms with Crippen LogP contribution in [-0.2, 0) is 16.1 Å². The van der Waals surface area contributed by atoms with E-state index in [1.807, 2.05) is 13.8 Å². The van der Waals surface area contributed by atoms with Crippen molar-refractivity contribution in [3.63, 3.8) is 0 Å². The van der Waals surface area contributed by atoms with Gasteiger partial charge in [0.25, 0.3) is 0 Å². The molecule has 0 aliphatic carbocycles. The van der Waals surface area contributed by atoms with Crippen LogP contribution >= 0.6 is 0 Å². The predicted molar refractivity (Wildman–Crippen MR) is 69.6 cm³/mol. The summed E-state index contributed by atoms with van der Waals surface area (Å²) in [6.45, 7) is 5.70. The Morgan fingerprint density at radius 2 is 2.21 bits per heavy atom. The fraction of sp³-hybridized carbons (Fsp3) is 0.727. The number of anilines is 1. The summed E-state index contributed by atoms with van der Waals surface area (Å²) in [6.07, 6.45) is 0. The lowest BCUT2D eigenvalue weighted by molar-refractivity contribution is -0.119. The smallest absolute Gasteiger partial charge is 0.315 e. The number of nitrogens with zero attached hydrogens (tertiary/aromatic N) is 2. The number of methoxy groups -OCH3 is 1. The molecule has 0 saturated heterocycles. The lowest BCUT2D eigenvalue weighted by Crippen LogP contribution is -2.34. The van der Waals surface area contributed by atoms with Gasteiger partial charge in [-0.2, -0.15) is 0 Å². The van der Waals surface area contributed by atoms with Gasteiger partial charge in [0.1, 0.15) is 0 Å². The van der Waals surface area contributed by atoms with Crippen LogP contribution in [0.2, 0.25) is 0 Å². The van der Waals surface area contributed by atoms with E-state index >= 15 is 0 Å². The molecule has 8 nitrogen and oxygen atoms in total. The molecule has 0 radical (unpaired) electrons. The second-order valence-corrected chi connectivity index (χ2v) is 4.25. The standard InChI is InChI=1S/C11H21N5O3/c1-8(2)14-9(17)6-13-11-16-15-10(19-11)7-12-4-5-18-3/h8,12H,4-7H2,1-3H3,(H,13,16)(H,14,17). The quantitative estimate of drug-likeness (QED) is 0.532. The highest BCUT2D eigenvalue weighted by Crippen LogP contribution is 2.04. The van der Waals surface area contributed by atoms with Gasteiger partial charge in [-0.15, -0.1) is 5.10 Å². The van der Waals surface area contributed by atoms with Crippen molar-refractivity contribution in [1.29, 1.82) is 0 Å². The van der Waals surface area contributed by atoms with Crippen molar-refractivity contribution >= 4 is 11.9 Å². The van der Waals surface area contributed by atoms with Crippen LogP contribution in [0.3, 0.4) is 0 Å². The predicted octanol–water partition coefficient (Wildman–Crippen LogP) is -0.258. The maximum absolute atomic E-state index is 11.4. The zero-order chi connectivity index (χ0) is 14.1. The Morgan fingerprint density at radius 3 is 2.89 bits per heavy atom. The zero-order valence-corrected chi connectivity index (χ0v) is 11.5. The highest BCUT2D eigenvalue weighted by Gasteiger charge is 2.08. The first kappa shape index (κ1) is 15.4. The van der Waals surface area contributed by atoms with Gasteiger partial charge in [-0.1, -0.05) is 5.10 Å². The minimum absolute atomic E-state index is 0.108. The molecule has 0 aliphatic rings. The number of hydrogen-bond acceptors (Lipinski definition) is 7. The number of carbonyl (C=O) groups excluding carboxylic acids is 1. The van der Waals surface area contributed by atoms with E-state index in [9.17, 15) is 4.79 Å². The molecule has 1 aromatic heterocycles. The normalized spacial score (nSPS) is 10.7. The van der Waals surface area contributed by atoms with Crippen LogP contribution in [-0.4, -0.2) is 49.0 Å². The van der Waals surface area contributed by atoms with E-state index in [2.05, 4.69) is 26.1 Å². The highest BCUT2D eigenvalue weighted by molar-refractivity contribution is 5.80. The van der Waals surface area contributed by atoms with Gasteiger partial charge in [0.2, 0.25) is 11.8 Å². The molecule has 3 N–H and O–H groups in total. The SMILES string of the molecule is COCCNCc1nnc(NCC(=O)NC(C)C)o1. The lowest BCUT2D eigenvalue weighted by atomic mass is 10.4. The fourth-order valence-electron chi connectivity index (χ4n) is 1.29. The van der Waals surface area contributed by atoms with Crippen LogP contribution in [0.5, 0.6) is 0 Å². The van der Waals surface area contributed by atoms with Gasteiger partial charge in [-0.3, -0.25) is 4.79 Å². The number of amides is 1. The molecule has 0 atom stereocenters. The van der Waals surface area contributed by atoms with Crippen LogP contribution < -0.4 is 16.0 Å². The monoisotopic (exact) mass is 271 g/mol. The molecule has 8 heteroatoms. The summed E-state index contributed by atoms with van der Waals surface area (Å²) in [5.41, 5.74) is 0. The number of aromatic nitrogens is 2. The van der Waals surface area contributed by atoms with E-state index in [1.165, 1.54) is 0 Å². The highest BCUT2D eigenvalue weighted by atomic mass is 16.5. The zero-order valence-electron chi connectivity index (χ0n) is 11.5. The van der Waals surface area contributed by atoms with Gasteiger partial charge >= 0.3 is 6.01 Å². The number of carbonyl (C=O) groups is 1. The first-order chi connectivity index (χ1) is 9.11. The summed E-state index contributed by atoms with van der Waals surface area (Å²) in [5, 5.41) is 16.2. The summed E-state index contributed by atoms with van der Waals surface area (Å²) in [6, 6.07) is 0.347. The van der Waals surface area contributed by atoms with Gasteiger partial charge in [0.15, 0.2) is 0 Å². The van der Waals surface area contributed by atoms with Crippen LogP contribution in [0.4, 0.5) is 6.01 Å². The number of rotatable bonds is 9. The minimum atomic E-state index is -0.118. The van der Waals surface area contributed by atoms with Crippen molar-refractivity contribution in [2.24, 2.45) is 0 Å². The van der Waals surface area contributed by atoms with E-state index in [4.69, 9.17) is 9.15 Å². The summed E-state index contributed by atoms with van der Waals surface area (Å²) < 4.78 is 10.2. The van der Waals surface area contributed by atoms with E-state index in [0.29, 0.717) is 25.6 Å². The van der Waals surface area contributed by atoms with Crippen molar-refractivity contribution in [1.82, 2.24) is 20.8 Å². The largest absolute Gasteiger partial charge is 0.407 e. The average Bonchev–Trinajstić information content (AvgIpc) is 2.79. The van der Waals surface area contributed by atoms with Crippen LogP contribution in [0, 0.1) is 0 Å². The van der Waals surface area contributed by atoms with Crippen LogP contribution in [0.15, 0.2) is 4.42 Å². The number of hydrogen-bond donors (Lipinski definition) is 3. The van der Waals surface area contributed by atoms with Crippen molar-refractivity contribution < 1.29 is 13.9 Å². The average molecular weight is 271 g/mol. The molecule has 0 aromatic carbocycles. The molecule has 0 unspecified atom stereocenters. The van der Waals surface area contributed by atoms with Crippen molar-refractivity contribution in [2.45, 2.75) is 26.4 Å². The molecule has 19 heavy (non-hydrogen) atoms. The Morgan fingerprint density at radius 1 is 1.42 bits per heavy atom. The van der Waals surface area contributed by atoms with E-state index < -0.39 is 0 Å². The first-order valence-electron chi connectivity index (χ1n) is 6.17. The minimum Gasteiger partial charge on any atom is -0.407 e. The topological polar surface area (TPSA) is 101 Å². The summed E-state index contributed by atoms with van der Waals surface area (Å²) in [4.78, 5) is 11.4. The fourth-order valence-corrected chi connectivity index (χ4v) is 1.29. The van der Waals surface area contributed by atoms with E-state index in [0.717, 1.165) is 0 Å². The van der Waals surface area contributed by atoms with Crippen LogP contribution in [0.1, 0.15) is 19.7 Å². The molecule has 1 amide bonds. The molecular weight excluding hydrogens is 250 g/mol. The maximum atomic E-state index is 11.4. The third kappa shape index (κ3) is 6.73. The molecule has 0 spiro atoms. The van der Waals surface area contributed by atoms with Gasteiger partial charge < -0.3 is 25.1 Å². The molecule has 1 rings (SSSR count). The Labute approximate surface area is 112 Å². The van der Waals surface area contributed by atoms with Gasteiger partial charge in [0, 0.05) is 19.7 Å². The molecule has 0 bridgehead atoms. The first-order valence-corrected chi connectivity index (χ1v) is 6.17. The molecule has 108 valence electrons. The summed E-state index contributed by atoms with van der Waals surface area (Å²) in [7, 11) is 1.64. The third-order valence-corrected chi connectivity index (χ3v) is 2.08. The van der Waals surface area contributed by atoms with Crippen molar-refractivity contribution in [2.75, 3.05) is 32.1 Å². The maximum Gasteiger partial charge on any atom is 0.315 e. The molecular formula is C11H21N5O3. The molecule has 0 fully saturated rings. The summed E-state index contributed by atoms with van der Waals surface area (Å²) in [5.74, 6) is 0.343. The Bertz CT molecular complexity index is 380. The molecule has 1 aromatic rings. The third-order valence-electron chi connectivity index (χ3n) is 2.08. The molecule has 0 aliphatic heterocycles. The summed E-state index contributed by atoms with van der Waals surface area (Å²) >= 11 is 0. The van der Waals surface area contributed by atoms with Crippen molar-refractivity contribution in [3.8, 4) is 0 Å². The molecule has 1 heterocycles. The van der Waals surface area contributed by atoms with Gasteiger partial charge in [-0.25, -0.2) is 0 Å². The Hall–Kier alpha value is -1.67. The molecule has 0 saturated carbocycles. The second-order valence-electron chi connectivity index (χ2n) is 4.25. The van der Waals surface area contributed by atoms with Crippen molar-refractivity contribution in [3.05, 3.63) is 5.89 Å². The second kappa shape index (κ2) is 8.44. The van der Waals surface area contributed by atoms with Gasteiger partial charge in [-0.05, 0) is 13.8 Å². The van der Waals surface area contributed by atoms with E-state index in [-0.39, 0.29) is 24.5 Å². The van der Waals surface area contributed by atoms with Gasteiger partial charge in [0.05, 0.1) is 19.7 Å². The Balaban J connectivity index is 2.24. The lowest BCUT2D eigenvalue weighted by Gasteiger charge is -2.07. The number of ether oxygens (including phenoxy) is 1.